The largest absolute Gasteiger partial charge is 0.458 e. The molecule has 3 heteroatoms. The van der Waals surface area contributed by atoms with Crippen LogP contribution < -0.4 is 0 Å². The van der Waals surface area contributed by atoms with Crippen LogP contribution in [0.2, 0.25) is 18.0 Å². The summed E-state index contributed by atoms with van der Waals surface area (Å²) in [5.41, 5.74) is 0.619. The van der Waals surface area contributed by atoms with Gasteiger partial charge in [-0.3, -0.25) is 0 Å². The lowest BCUT2D eigenvalue weighted by Crippen LogP contribution is -2.34. The van der Waals surface area contributed by atoms with Gasteiger partial charge in [-0.1, -0.05) is 99.7 Å². The fraction of sp³-hybridized carbons (Fsp3) is 0.591. The van der Waals surface area contributed by atoms with Crippen molar-refractivity contribution < 1.29 is 9.53 Å². The number of carbonyl (C=O) groups is 1. The fourth-order valence-corrected chi connectivity index (χ4v) is 4.90. The summed E-state index contributed by atoms with van der Waals surface area (Å²) < 4.78 is 5.25. The van der Waals surface area contributed by atoms with Crippen LogP contribution in [0.25, 0.3) is 0 Å². The van der Waals surface area contributed by atoms with Gasteiger partial charge in [0.25, 0.3) is 0 Å². The van der Waals surface area contributed by atoms with Gasteiger partial charge in [0.05, 0.1) is 5.56 Å². The molecule has 0 N–H and O–H groups in total. The zero-order valence-electron chi connectivity index (χ0n) is 15.4. The number of rotatable bonds is 8. The Morgan fingerprint density at radius 2 is 1.68 bits per heavy atom. The summed E-state index contributed by atoms with van der Waals surface area (Å²) in [4.78, 5) is 11.8. The predicted molar refractivity (Wildman–Crippen MR) is 105 cm³/mol. The molecule has 2 aliphatic heterocycles. The first kappa shape index (κ1) is 18.3. The third-order valence-electron chi connectivity index (χ3n) is 6.16. The molecule has 0 saturated carbocycles. The van der Waals surface area contributed by atoms with Crippen LogP contribution in [0.3, 0.4) is 0 Å². The Hall–Kier alpha value is -1.51. The molecule has 2 saturated heterocycles. The van der Waals surface area contributed by atoms with E-state index in [2.05, 4.69) is 6.08 Å². The highest BCUT2D eigenvalue weighted by molar-refractivity contribution is 6.62. The molecule has 0 aromatic heterocycles. The number of allylic oxidation sites excluding steroid dienone is 1. The molecule has 25 heavy (non-hydrogen) atoms. The number of benzene rings is 1. The third kappa shape index (κ3) is 5.49. The molecule has 1 aromatic rings. The fourth-order valence-electron chi connectivity index (χ4n) is 4.90. The van der Waals surface area contributed by atoms with Crippen LogP contribution in [0, 0.1) is 0 Å². The molecule has 2 nitrogen and oxygen atoms in total. The number of ether oxygens (including phenoxy) is 1. The van der Waals surface area contributed by atoms with E-state index in [1.165, 1.54) is 57.7 Å². The van der Waals surface area contributed by atoms with Crippen LogP contribution in [-0.2, 0) is 4.74 Å². The number of hydrogen-bond acceptors (Lipinski definition) is 2. The minimum atomic E-state index is -0.242. The summed E-state index contributed by atoms with van der Waals surface area (Å²) in [5.74, 6) is 1.84. The van der Waals surface area contributed by atoms with Crippen LogP contribution in [-0.4, -0.2) is 19.3 Å². The quantitative estimate of drug-likeness (QED) is 0.245. The highest BCUT2D eigenvalue weighted by atomic mass is 16.5. The normalized spacial score (nSPS) is 23.0. The molecule has 0 radical (unpaired) electrons. The summed E-state index contributed by atoms with van der Waals surface area (Å²) in [6.45, 7) is 1.40. The van der Waals surface area contributed by atoms with Crippen molar-refractivity contribution in [2.75, 3.05) is 6.61 Å². The molecule has 2 heterocycles. The minimum absolute atomic E-state index is 0.242. The maximum atomic E-state index is 11.8. The van der Waals surface area contributed by atoms with Crippen LogP contribution in [0.4, 0.5) is 0 Å². The first-order valence-electron chi connectivity index (χ1n) is 10.2. The van der Waals surface area contributed by atoms with Crippen molar-refractivity contribution in [1.29, 1.82) is 0 Å². The van der Waals surface area contributed by atoms with E-state index in [4.69, 9.17) is 4.74 Å². The Balaban J connectivity index is 1.26. The van der Waals surface area contributed by atoms with Gasteiger partial charge in [-0.15, -0.1) is 0 Å². The molecule has 2 fully saturated rings. The van der Waals surface area contributed by atoms with Crippen molar-refractivity contribution in [3.63, 3.8) is 0 Å². The van der Waals surface area contributed by atoms with Crippen LogP contribution in [0.5, 0.6) is 0 Å². The van der Waals surface area contributed by atoms with Crippen LogP contribution in [0.15, 0.2) is 42.5 Å². The van der Waals surface area contributed by atoms with Crippen molar-refractivity contribution >= 4 is 12.7 Å². The molecular weight excluding hydrogens is 307 g/mol. The summed E-state index contributed by atoms with van der Waals surface area (Å²) in [5, 5.41) is 0. The van der Waals surface area contributed by atoms with Crippen molar-refractivity contribution in [2.24, 2.45) is 0 Å². The lowest BCUT2D eigenvalue weighted by molar-refractivity contribution is 0.0549. The van der Waals surface area contributed by atoms with Gasteiger partial charge < -0.3 is 4.74 Å². The number of carbonyl (C=O) groups excluding carboxylic acids is 1. The maximum Gasteiger partial charge on any atom is 0.338 e. The lowest BCUT2D eigenvalue weighted by atomic mass is 9.26. The van der Waals surface area contributed by atoms with Gasteiger partial charge >= 0.3 is 5.97 Å². The standard InChI is InChI=1S/C22H31BO2/c24-22(19-11-5-4-6-12-19)25-18-8-3-1-2-7-17-23-20-13-9-14-21(23)16-10-15-20/h3-6,8,11-12,20-21H,1-2,7,9-10,13-18H2/b8-3+. The zero-order chi connectivity index (χ0) is 17.3. The number of unbranched alkanes of at least 4 members (excludes halogenated alkanes) is 2. The zero-order valence-corrected chi connectivity index (χ0v) is 15.4. The Morgan fingerprint density at radius 3 is 2.36 bits per heavy atom. The van der Waals surface area contributed by atoms with Gasteiger partial charge in [-0.25, -0.2) is 4.79 Å². The van der Waals surface area contributed by atoms with Crippen LogP contribution in [0.1, 0.15) is 68.1 Å². The van der Waals surface area contributed by atoms with Gasteiger partial charge in [0.2, 0.25) is 0 Å². The summed E-state index contributed by atoms with van der Waals surface area (Å²) in [6.07, 6.45) is 18.2. The molecule has 2 aliphatic rings. The Kier molecular flexibility index (Phi) is 7.20. The molecule has 0 unspecified atom stereocenters. The van der Waals surface area contributed by atoms with Crippen LogP contribution >= 0.6 is 0 Å². The molecule has 0 spiro atoms. The second-order valence-electron chi connectivity index (χ2n) is 7.77. The van der Waals surface area contributed by atoms with Gasteiger partial charge in [0, 0.05) is 0 Å². The average Bonchev–Trinajstić information content (AvgIpc) is 2.64. The molecule has 2 bridgehead atoms. The van der Waals surface area contributed by atoms with E-state index in [-0.39, 0.29) is 5.97 Å². The van der Waals surface area contributed by atoms with E-state index >= 15 is 0 Å². The van der Waals surface area contributed by atoms with E-state index < -0.39 is 0 Å². The van der Waals surface area contributed by atoms with Gasteiger partial charge in [-0.2, -0.15) is 0 Å². The topological polar surface area (TPSA) is 26.3 Å². The summed E-state index contributed by atoms with van der Waals surface area (Å²) in [6, 6.07) is 9.18. The van der Waals surface area contributed by atoms with Gasteiger partial charge in [0.1, 0.15) is 13.3 Å². The van der Waals surface area contributed by atoms with E-state index in [1.54, 1.807) is 12.1 Å². The SMILES string of the molecule is O=C(OC/C=C/CCCCB1C2CCCC1CCC2)c1ccccc1. The number of fused-ring (bicyclic) bond motifs is 2. The Bertz CT molecular complexity index is 532. The summed E-state index contributed by atoms with van der Waals surface area (Å²) in [7, 11) is 0. The van der Waals surface area contributed by atoms with Crippen molar-refractivity contribution in [3.05, 3.63) is 48.0 Å². The summed E-state index contributed by atoms with van der Waals surface area (Å²) >= 11 is 0. The smallest absolute Gasteiger partial charge is 0.338 e. The second-order valence-corrected chi connectivity index (χ2v) is 7.77. The van der Waals surface area contributed by atoms with E-state index in [9.17, 15) is 4.79 Å². The van der Waals surface area contributed by atoms with E-state index in [0.717, 1.165) is 24.8 Å². The number of hydrogen-bond donors (Lipinski definition) is 0. The first-order chi connectivity index (χ1) is 12.3. The number of esters is 1. The molecular formula is C22H31BO2. The van der Waals surface area contributed by atoms with Crippen molar-refractivity contribution in [3.8, 4) is 0 Å². The second kappa shape index (κ2) is 9.84. The maximum absolute atomic E-state index is 11.8. The minimum Gasteiger partial charge on any atom is -0.458 e. The molecule has 0 atom stereocenters. The Morgan fingerprint density at radius 1 is 1.00 bits per heavy atom. The van der Waals surface area contributed by atoms with E-state index in [1.807, 2.05) is 24.3 Å². The predicted octanol–water partition coefficient (Wildman–Crippen LogP) is 6.17. The first-order valence-corrected chi connectivity index (χ1v) is 10.2. The van der Waals surface area contributed by atoms with E-state index in [0.29, 0.717) is 12.2 Å². The lowest BCUT2D eigenvalue weighted by Gasteiger charge is -2.40. The molecule has 1 aromatic carbocycles. The average molecular weight is 338 g/mol. The van der Waals surface area contributed by atoms with Crippen molar-refractivity contribution in [1.82, 2.24) is 0 Å². The third-order valence-corrected chi connectivity index (χ3v) is 6.16. The van der Waals surface area contributed by atoms with Crippen molar-refractivity contribution in [2.45, 2.75) is 75.7 Å². The van der Waals surface area contributed by atoms with Gasteiger partial charge in [0.15, 0.2) is 0 Å². The molecule has 134 valence electrons. The Labute approximate surface area is 153 Å². The monoisotopic (exact) mass is 338 g/mol. The molecule has 0 amide bonds. The molecule has 0 aliphatic carbocycles. The van der Waals surface area contributed by atoms with Gasteiger partial charge in [-0.05, 0) is 18.6 Å². The highest BCUT2D eigenvalue weighted by Crippen LogP contribution is 2.48. The molecule has 3 rings (SSSR count). The highest BCUT2D eigenvalue weighted by Gasteiger charge is 2.37.